The van der Waals surface area contributed by atoms with Crippen LogP contribution in [-0.4, -0.2) is 0 Å². The van der Waals surface area contributed by atoms with E-state index in [1.165, 1.54) is 30.3 Å². The zero-order chi connectivity index (χ0) is 12.6. The molecular formula is C12H7ClF2S2. The molecule has 0 heterocycles. The highest BCUT2D eigenvalue weighted by molar-refractivity contribution is 7.80. The third kappa shape index (κ3) is 2.59. The van der Waals surface area contributed by atoms with Crippen LogP contribution >= 0.6 is 36.9 Å². The van der Waals surface area contributed by atoms with Crippen LogP contribution in [-0.2, 0) is 0 Å². The van der Waals surface area contributed by atoms with Gasteiger partial charge in [-0.15, -0.1) is 25.3 Å². The topological polar surface area (TPSA) is 0 Å². The highest BCUT2D eigenvalue weighted by Crippen LogP contribution is 2.33. The molecule has 0 atom stereocenters. The SMILES string of the molecule is Fc1ccc(S)cc1-c1cc(S)cc(Cl)c1F. The summed E-state index contributed by atoms with van der Waals surface area (Å²) < 4.78 is 27.5. The number of halogens is 3. The molecule has 17 heavy (non-hydrogen) atoms. The van der Waals surface area contributed by atoms with Crippen LogP contribution in [0.2, 0.25) is 5.02 Å². The minimum absolute atomic E-state index is 0.0795. The highest BCUT2D eigenvalue weighted by Gasteiger charge is 2.14. The first-order valence-electron chi connectivity index (χ1n) is 4.66. The second-order valence-corrected chi connectivity index (χ2v) is 4.89. The first-order chi connectivity index (χ1) is 7.99. The molecule has 0 saturated carbocycles. The van der Waals surface area contributed by atoms with Gasteiger partial charge in [0.1, 0.15) is 11.6 Å². The van der Waals surface area contributed by atoms with Crippen LogP contribution in [0.4, 0.5) is 8.78 Å². The van der Waals surface area contributed by atoms with E-state index in [0.29, 0.717) is 9.79 Å². The van der Waals surface area contributed by atoms with Crippen molar-refractivity contribution in [3.63, 3.8) is 0 Å². The maximum Gasteiger partial charge on any atom is 0.149 e. The van der Waals surface area contributed by atoms with Crippen LogP contribution in [0.25, 0.3) is 11.1 Å². The van der Waals surface area contributed by atoms with E-state index >= 15 is 0 Å². The molecule has 0 bridgehead atoms. The highest BCUT2D eigenvalue weighted by atomic mass is 35.5. The summed E-state index contributed by atoms with van der Waals surface area (Å²) >= 11 is 13.9. The van der Waals surface area contributed by atoms with Gasteiger partial charge in [-0.05, 0) is 30.3 Å². The summed E-state index contributed by atoms with van der Waals surface area (Å²) in [5.74, 6) is -1.20. The predicted molar refractivity (Wildman–Crippen MR) is 71.3 cm³/mol. The van der Waals surface area contributed by atoms with Gasteiger partial charge < -0.3 is 0 Å². The molecule has 88 valence electrons. The van der Waals surface area contributed by atoms with E-state index in [1.54, 1.807) is 0 Å². The Morgan fingerprint density at radius 1 is 0.882 bits per heavy atom. The third-order valence-corrected chi connectivity index (χ3v) is 3.06. The molecule has 2 rings (SSSR count). The van der Waals surface area contributed by atoms with Gasteiger partial charge in [0.2, 0.25) is 0 Å². The molecule has 0 fully saturated rings. The standard InChI is InChI=1S/C12H7ClF2S2/c13-10-5-7(17)4-9(12(10)15)8-3-6(16)1-2-11(8)14/h1-5,16-17H. The zero-order valence-corrected chi connectivity index (χ0v) is 11.0. The van der Waals surface area contributed by atoms with E-state index in [-0.39, 0.29) is 16.1 Å². The van der Waals surface area contributed by atoms with Gasteiger partial charge in [-0.1, -0.05) is 11.6 Å². The summed E-state index contributed by atoms with van der Waals surface area (Å²) in [6.45, 7) is 0. The Bertz CT molecular complexity index is 585. The van der Waals surface area contributed by atoms with Crippen molar-refractivity contribution in [2.75, 3.05) is 0 Å². The number of rotatable bonds is 1. The summed E-state index contributed by atoms with van der Waals surface area (Å²) in [7, 11) is 0. The van der Waals surface area contributed by atoms with Crippen molar-refractivity contribution in [3.05, 3.63) is 47.0 Å². The average molecular weight is 289 g/mol. The second kappa shape index (κ2) is 4.88. The molecule has 0 saturated heterocycles. The van der Waals surface area contributed by atoms with Crippen molar-refractivity contribution in [2.24, 2.45) is 0 Å². The molecule has 0 aliphatic heterocycles. The largest absolute Gasteiger partial charge is 0.206 e. The lowest BCUT2D eigenvalue weighted by Gasteiger charge is -2.08. The van der Waals surface area contributed by atoms with Gasteiger partial charge in [0.15, 0.2) is 0 Å². The van der Waals surface area contributed by atoms with Gasteiger partial charge in [0, 0.05) is 20.9 Å². The van der Waals surface area contributed by atoms with Crippen molar-refractivity contribution in [1.29, 1.82) is 0 Å². The predicted octanol–water partition coefficient (Wildman–Crippen LogP) is 4.86. The van der Waals surface area contributed by atoms with Crippen molar-refractivity contribution < 1.29 is 8.78 Å². The minimum Gasteiger partial charge on any atom is -0.206 e. The molecule has 0 aliphatic rings. The molecule has 5 heteroatoms. The van der Waals surface area contributed by atoms with E-state index < -0.39 is 11.6 Å². The van der Waals surface area contributed by atoms with Crippen LogP contribution in [0.5, 0.6) is 0 Å². The van der Waals surface area contributed by atoms with Crippen LogP contribution in [0.3, 0.4) is 0 Å². The van der Waals surface area contributed by atoms with E-state index in [9.17, 15) is 8.78 Å². The molecule has 0 radical (unpaired) electrons. The van der Waals surface area contributed by atoms with E-state index in [4.69, 9.17) is 11.6 Å². The van der Waals surface area contributed by atoms with Crippen LogP contribution in [0.15, 0.2) is 40.1 Å². The van der Waals surface area contributed by atoms with Crippen LogP contribution in [0, 0.1) is 11.6 Å². The van der Waals surface area contributed by atoms with E-state index in [1.807, 2.05) is 0 Å². The van der Waals surface area contributed by atoms with Gasteiger partial charge in [0.25, 0.3) is 0 Å². The van der Waals surface area contributed by atoms with Gasteiger partial charge in [-0.3, -0.25) is 0 Å². The van der Waals surface area contributed by atoms with E-state index in [2.05, 4.69) is 25.3 Å². The Balaban J connectivity index is 2.72. The van der Waals surface area contributed by atoms with Gasteiger partial charge in [-0.25, -0.2) is 8.78 Å². The molecule has 0 unspecified atom stereocenters. The molecule has 0 amide bonds. The van der Waals surface area contributed by atoms with Crippen molar-refractivity contribution in [3.8, 4) is 11.1 Å². The van der Waals surface area contributed by atoms with Gasteiger partial charge in [0.05, 0.1) is 5.02 Å². The molecule has 0 aromatic heterocycles. The Morgan fingerprint density at radius 3 is 2.24 bits per heavy atom. The van der Waals surface area contributed by atoms with Crippen molar-refractivity contribution in [2.45, 2.75) is 9.79 Å². The van der Waals surface area contributed by atoms with E-state index in [0.717, 1.165) is 0 Å². The molecule has 2 aromatic carbocycles. The fourth-order valence-corrected chi connectivity index (χ4v) is 2.25. The number of hydrogen-bond acceptors (Lipinski definition) is 2. The number of benzene rings is 2. The van der Waals surface area contributed by atoms with Gasteiger partial charge >= 0.3 is 0 Å². The summed E-state index contributed by atoms with van der Waals surface area (Å²) in [6, 6.07) is 6.96. The average Bonchev–Trinajstić information content (AvgIpc) is 2.27. The maximum atomic E-state index is 13.8. The van der Waals surface area contributed by atoms with Crippen molar-refractivity contribution >= 4 is 36.9 Å². The fraction of sp³-hybridized carbons (Fsp3) is 0. The van der Waals surface area contributed by atoms with Gasteiger partial charge in [-0.2, -0.15) is 0 Å². The smallest absolute Gasteiger partial charge is 0.149 e. The number of hydrogen-bond donors (Lipinski definition) is 2. The molecule has 0 nitrogen and oxygen atoms in total. The Hall–Kier alpha value is -0.710. The summed E-state index contributed by atoms with van der Waals surface area (Å²) in [5.41, 5.74) is 0.198. The van der Waals surface area contributed by atoms with Crippen LogP contribution in [0.1, 0.15) is 0 Å². The molecular weight excluding hydrogens is 282 g/mol. The first kappa shape index (κ1) is 12.7. The Kier molecular flexibility index (Phi) is 3.66. The normalized spacial score (nSPS) is 10.6. The second-order valence-electron chi connectivity index (χ2n) is 3.45. The Labute approximate surface area is 113 Å². The lowest BCUT2D eigenvalue weighted by atomic mass is 10.0. The zero-order valence-electron chi connectivity index (χ0n) is 8.42. The molecule has 2 aromatic rings. The third-order valence-electron chi connectivity index (χ3n) is 2.25. The van der Waals surface area contributed by atoms with Crippen LogP contribution < -0.4 is 0 Å². The number of thiol groups is 2. The quantitative estimate of drug-likeness (QED) is 0.688. The monoisotopic (exact) mass is 288 g/mol. The molecule has 0 N–H and O–H groups in total. The summed E-state index contributed by atoms with van der Waals surface area (Å²) in [6.07, 6.45) is 0. The summed E-state index contributed by atoms with van der Waals surface area (Å²) in [5, 5.41) is -0.0866. The fourth-order valence-electron chi connectivity index (χ4n) is 1.49. The van der Waals surface area contributed by atoms with Crippen molar-refractivity contribution in [1.82, 2.24) is 0 Å². The maximum absolute atomic E-state index is 13.8. The molecule has 0 aliphatic carbocycles. The summed E-state index contributed by atoms with van der Waals surface area (Å²) in [4.78, 5) is 1.01. The lowest BCUT2D eigenvalue weighted by molar-refractivity contribution is 0.615. The lowest BCUT2D eigenvalue weighted by Crippen LogP contribution is -1.90. The Morgan fingerprint density at radius 2 is 1.53 bits per heavy atom. The minimum atomic E-state index is -0.665. The first-order valence-corrected chi connectivity index (χ1v) is 5.93. The molecule has 0 spiro atoms.